The molecule has 0 fully saturated rings. The standard InChI is InChI=1S/C4H10N6O.CH2O/c5-7-2-1-3-8-9-4(11)10(3)6;1-2/h7H,1-2,5-6H2,(H,9,11);1H2. The zero-order valence-electron chi connectivity index (χ0n) is 6.99. The van der Waals surface area contributed by atoms with Crippen molar-refractivity contribution in [3.8, 4) is 0 Å². The monoisotopic (exact) mass is 188 g/mol. The van der Waals surface area contributed by atoms with Gasteiger partial charge in [-0.25, -0.2) is 9.89 Å². The number of nitrogens with one attached hydrogen (secondary N) is 2. The second-order valence-electron chi connectivity index (χ2n) is 2.02. The Morgan fingerprint density at radius 3 is 2.62 bits per heavy atom. The molecule has 0 spiro atoms. The first kappa shape index (κ1) is 11.3. The van der Waals surface area contributed by atoms with Gasteiger partial charge in [-0.2, -0.15) is 9.77 Å². The van der Waals surface area contributed by atoms with Crippen LogP contribution in [0.1, 0.15) is 5.82 Å². The first-order valence-electron chi connectivity index (χ1n) is 3.39. The maximum absolute atomic E-state index is 10.7. The summed E-state index contributed by atoms with van der Waals surface area (Å²) in [6.45, 7) is 2.53. The molecule has 0 aliphatic rings. The Balaban J connectivity index is 0.000000671. The van der Waals surface area contributed by atoms with E-state index in [0.29, 0.717) is 18.8 Å². The lowest BCUT2D eigenvalue weighted by Crippen LogP contribution is -2.29. The Kier molecular flexibility index (Phi) is 5.15. The Labute approximate surface area is 73.9 Å². The summed E-state index contributed by atoms with van der Waals surface area (Å²) in [4.78, 5) is 18.7. The maximum Gasteiger partial charge on any atom is 0.361 e. The Bertz CT molecular complexity index is 291. The summed E-state index contributed by atoms with van der Waals surface area (Å²) >= 11 is 0. The molecule has 0 bridgehead atoms. The highest BCUT2D eigenvalue weighted by atomic mass is 16.2. The summed E-state index contributed by atoms with van der Waals surface area (Å²) in [5.74, 6) is 10.8. The molecule has 8 heteroatoms. The highest BCUT2D eigenvalue weighted by Gasteiger charge is 2.02. The number of hydrogen-bond donors (Lipinski definition) is 4. The SMILES string of the molecule is C=O.NNCCc1n[nH]c(=O)n1N. The van der Waals surface area contributed by atoms with Crippen molar-refractivity contribution in [2.24, 2.45) is 5.84 Å². The Morgan fingerprint density at radius 2 is 2.23 bits per heavy atom. The second kappa shape index (κ2) is 5.91. The number of rotatable bonds is 3. The number of carbonyl (C=O) groups is 1. The van der Waals surface area contributed by atoms with E-state index >= 15 is 0 Å². The average Bonchev–Trinajstić information content (AvgIpc) is 2.48. The zero-order chi connectivity index (χ0) is 10.3. The summed E-state index contributed by atoms with van der Waals surface area (Å²) in [6, 6.07) is 0. The minimum Gasteiger partial charge on any atom is -0.333 e. The largest absolute Gasteiger partial charge is 0.361 e. The molecule has 0 aliphatic carbocycles. The normalized spacial score (nSPS) is 9.00. The van der Waals surface area contributed by atoms with Gasteiger partial charge >= 0.3 is 5.69 Å². The number of carbonyl (C=O) groups excluding carboxylic acids is 1. The average molecular weight is 188 g/mol. The van der Waals surface area contributed by atoms with E-state index in [0.717, 1.165) is 4.68 Å². The molecule has 0 unspecified atom stereocenters. The number of aromatic amines is 1. The van der Waals surface area contributed by atoms with E-state index in [-0.39, 0.29) is 0 Å². The highest BCUT2D eigenvalue weighted by molar-refractivity contribution is 5.10. The number of hydrogen-bond acceptors (Lipinski definition) is 6. The summed E-state index contributed by atoms with van der Waals surface area (Å²) < 4.78 is 0.956. The van der Waals surface area contributed by atoms with Crippen molar-refractivity contribution in [3.63, 3.8) is 0 Å². The van der Waals surface area contributed by atoms with Gasteiger partial charge in [0.05, 0.1) is 0 Å². The van der Waals surface area contributed by atoms with E-state index in [4.69, 9.17) is 16.5 Å². The molecule has 0 amide bonds. The van der Waals surface area contributed by atoms with Crippen LogP contribution in [0.3, 0.4) is 0 Å². The van der Waals surface area contributed by atoms with Gasteiger partial charge in [0.15, 0.2) is 5.82 Å². The smallest absolute Gasteiger partial charge is 0.333 e. The van der Waals surface area contributed by atoms with Crippen molar-refractivity contribution in [3.05, 3.63) is 16.3 Å². The maximum atomic E-state index is 10.7. The van der Waals surface area contributed by atoms with Crippen LogP contribution in [0.2, 0.25) is 0 Å². The molecule has 0 radical (unpaired) electrons. The molecule has 1 aromatic heterocycles. The summed E-state index contributed by atoms with van der Waals surface area (Å²) in [7, 11) is 0. The highest BCUT2D eigenvalue weighted by Crippen LogP contribution is 1.83. The van der Waals surface area contributed by atoms with Gasteiger partial charge < -0.3 is 10.6 Å². The Morgan fingerprint density at radius 1 is 1.62 bits per heavy atom. The van der Waals surface area contributed by atoms with E-state index < -0.39 is 5.69 Å². The van der Waals surface area contributed by atoms with E-state index in [1.54, 1.807) is 0 Å². The lowest BCUT2D eigenvalue weighted by Gasteiger charge is -1.96. The second-order valence-corrected chi connectivity index (χ2v) is 2.02. The number of hydrazine groups is 1. The lowest BCUT2D eigenvalue weighted by molar-refractivity contribution is -0.0979. The van der Waals surface area contributed by atoms with Crippen LogP contribution in [0.25, 0.3) is 0 Å². The van der Waals surface area contributed by atoms with Crippen molar-refractivity contribution in [1.82, 2.24) is 20.3 Å². The van der Waals surface area contributed by atoms with Crippen molar-refractivity contribution in [2.75, 3.05) is 12.4 Å². The molecule has 74 valence electrons. The molecule has 6 N–H and O–H groups in total. The molecule has 0 atom stereocenters. The van der Waals surface area contributed by atoms with Crippen LogP contribution in [0.15, 0.2) is 4.79 Å². The third-order valence-electron chi connectivity index (χ3n) is 1.27. The molecule has 1 aromatic rings. The van der Waals surface area contributed by atoms with Crippen molar-refractivity contribution in [2.45, 2.75) is 6.42 Å². The first-order chi connectivity index (χ1) is 6.25. The van der Waals surface area contributed by atoms with E-state index in [9.17, 15) is 4.79 Å². The molecular weight excluding hydrogens is 176 g/mol. The minimum atomic E-state index is -0.419. The topological polar surface area (TPSA) is 132 Å². The van der Waals surface area contributed by atoms with Crippen molar-refractivity contribution < 1.29 is 4.79 Å². The molecular formula is C5H12N6O2. The molecule has 1 heterocycles. The quantitative estimate of drug-likeness (QED) is 0.297. The molecule has 1 rings (SSSR count). The zero-order valence-corrected chi connectivity index (χ0v) is 6.99. The molecule has 8 nitrogen and oxygen atoms in total. The summed E-state index contributed by atoms with van der Waals surface area (Å²) in [6.07, 6.45) is 0.520. The van der Waals surface area contributed by atoms with Crippen LogP contribution >= 0.6 is 0 Å². The minimum absolute atomic E-state index is 0.419. The first-order valence-corrected chi connectivity index (χ1v) is 3.39. The third kappa shape index (κ3) is 3.05. The number of nitrogens with two attached hydrogens (primary N) is 2. The molecule has 13 heavy (non-hydrogen) atoms. The van der Waals surface area contributed by atoms with Crippen LogP contribution < -0.4 is 22.8 Å². The van der Waals surface area contributed by atoms with E-state index in [2.05, 4.69) is 15.6 Å². The van der Waals surface area contributed by atoms with Crippen LogP contribution in [-0.4, -0.2) is 28.2 Å². The van der Waals surface area contributed by atoms with Crippen LogP contribution in [0.5, 0.6) is 0 Å². The van der Waals surface area contributed by atoms with E-state index in [1.807, 2.05) is 6.79 Å². The van der Waals surface area contributed by atoms with Crippen LogP contribution in [0.4, 0.5) is 0 Å². The predicted octanol–water partition coefficient (Wildman–Crippen LogP) is -2.89. The van der Waals surface area contributed by atoms with Gasteiger partial charge in [0.2, 0.25) is 0 Å². The molecule has 0 aliphatic heterocycles. The van der Waals surface area contributed by atoms with Gasteiger partial charge in [0, 0.05) is 13.0 Å². The number of nitrogen functional groups attached to an aromatic ring is 1. The van der Waals surface area contributed by atoms with Gasteiger partial charge in [-0.3, -0.25) is 11.3 Å². The van der Waals surface area contributed by atoms with Gasteiger partial charge in [-0.05, 0) is 0 Å². The van der Waals surface area contributed by atoms with Crippen molar-refractivity contribution >= 4 is 6.79 Å². The molecule has 0 aromatic carbocycles. The molecule has 0 saturated carbocycles. The summed E-state index contributed by atoms with van der Waals surface area (Å²) in [5.41, 5.74) is 2.01. The number of nitrogens with zero attached hydrogens (tertiary/aromatic N) is 2. The fourth-order valence-corrected chi connectivity index (χ4v) is 0.698. The van der Waals surface area contributed by atoms with Gasteiger partial charge in [0.1, 0.15) is 6.79 Å². The molecule has 0 saturated heterocycles. The fourth-order valence-electron chi connectivity index (χ4n) is 0.698. The van der Waals surface area contributed by atoms with Crippen LogP contribution in [0, 0.1) is 0 Å². The number of H-pyrrole nitrogens is 1. The van der Waals surface area contributed by atoms with Gasteiger partial charge in [0.25, 0.3) is 0 Å². The third-order valence-corrected chi connectivity index (χ3v) is 1.27. The van der Waals surface area contributed by atoms with E-state index in [1.165, 1.54) is 0 Å². The van der Waals surface area contributed by atoms with Crippen LogP contribution in [-0.2, 0) is 11.2 Å². The van der Waals surface area contributed by atoms with Gasteiger partial charge in [-0.1, -0.05) is 0 Å². The summed E-state index contributed by atoms with van der Waals surface area (Å²) in [5, 5.41) is 5.87. The lowest BCUT2D eigenvalue weighted by atomic mass is 10.4. The fraction of sp³-hybridized carbons (Fsp3) is 0.400. The van der Waals surface area contributed by atoms with Gasteiger partial charge in [-0.15, -0.1) is 0 Å². The number of aromatic nitrogens is 3. The predicted molar refractivity (Wildman–Crippen MR) is 46.0 cm³/mol. The van der Waals surface area contributed by atoms with Crippen molar-refractivity contribution in [1.29, 1.82) is 0 Å². The Hall–Kier alpha value is -1.67.